The number of carbonyl (C=O) groups excluding carboxylic acids is 2. The third-order valence-electron chi connectivity index (χ3n) is 7.54. The van der Waals surface area contributed by atoms with Crippen LogP contribution in [0.15, 0.2) is 41.5 Å². The summed E-state index contributed by atoms with van der Waals surface area (Å²) < 4.78 is 2.24. The molecule has 0 unspecified atom stereocenters. The number of carbonyl (C=O) groups is 2. The minimum absolute atomic E-state index is 0.104. The predicted molar refractivity (Wildman–Crippen MR) is 106 cm³/mol. The largest absolute Gasteiger partial charge is 0.344 e. The number of imide groups is 1. The van der Waals surface area contributed by atoms with Gasteiger partial charge < -0.3 is 4.57 Å². The molecule has 1 saturated heterocycles. The van der Waals surface area contributed by atoms with Gasteiger partial charge in [0.15, 0.2) is 0 Å². The van der Waals surface area contributed by atoms with Crippen molar-refractivity contribution in [3.63, 3.8) is 0 Å². The van der Waals surface area contributed by atoms with Gasteiger partial charge in [0, 0.05) is 28.7 Å². The molecule has 7 rings (SSSR count). The van der Waals surface area contributed by atoms with E-state index in [2.05, 4.69) is 47.8 Å². The fraction of sp³-hybridized carbons (Fsp3) is 0.435. The highest BCUT2D eigenvalue weighted by atomic mass is 16.2. The number of hydrogen-bond acceptors (Lipinski definition) is 3. The van der Waals surface area contributed by atoms with E-state index in [1.54, 1.807) is 6.21 Å². The number of nitrogens with zero attached hydrogens (tertiary/aromatic N) is 3. The van der Waals surface area contributed by atoms with Crippen LogP contribution in [0.5, 0.6) is 0 Å². The van der Waals surface area contributed by atoms with Gasteiger partial charge in [-0.25, -0.2) is 0 Å². The van der Waals surface area contributed by atoms with Crippen LogP contribution in [0.3, 0.4) is 0 Å². The molecule has 0 radical (unpaired) electrons. The summed E-state index contributed by atoms with van der Waals surface area (Å²) in [4.78, 5) is 26.2. The number of allylic oxidation sites excluding steroid dienone is 2. The predicted octanol–water partition coefficient (Wildman–Crippen LogP) is 3.36. The summed E-state index contributed by atoms with van der Waals surface area (Å²) in [6.07, 6.45) is 7.27. The van der Waals surface area contributed by atoms with Crippen molar-refractivity contribution in [1.82, 2.24) is 9.58 Å². The molecule has 3 fully saturated rings. The number of aromatic nitrogens is 1. The molecular formula is C23H23N3O2. The van der Waals surface area contributed by atoms with E-state index in [0.717, 1.165) is 28.7 Å². The Morgan fingerprint density at radius 3 is 2.36 bits per heavy atom. The number of aryl methyl sites for hydroxylation is 1. The summed E-state index contributed by atoms with van der Waals surface area (Å²) in [5.74, 6) is 1.10. The Bertz CT molecular complexity index is 1060. The average Bonchev–Trinajstić information content (AvgIpc) is 3.44. The minimum atomic E-state index is -0.193. The summed E-state index contributed by atoms with van der Waals surface area (Å²) in [6.45, 7) is 5.05. The molecule has 5 aliphatic rings. The van der Waals surface area contributed by atoms with Gasteiger partial charge >= 0.3 is 0 Å². The van der Waals surface area contributed by atoms with Gasteiger partial charge in [0.1, 0.15) is 0 Å². The Labute approximate surface area is 163 Å². The van der Waals surface area contributed by atoms with Gasteiger partial charge in [-0.05, 0) is 50.0 Å². The van der Waals surface area contributed by atoms with Crippen LogP contribution in [0.1, 0.15) is 24.6 Å². The van der Waals surface area contributed by atoms with Crippen molar-refractivity contribution in [3.8, 4) is 0 Å². The van der Waals surface area contributed by atoms with Crippen molar-refractivity contribution in [2.24, 2.45) is 40.6 Å². The quantitative estimate of drug-likeness (QED) is 0.471. The lowest BCUT2D eigenvalue weighted by Gasteiger charge is -2.37. The minimum Gasteiger partial charge on any atom is -0.344 e. The van der Waals surface area contributed by atoms with E-state index in [4.69, 9.17) is 0 Å². The second kappa shape index (κ2) is 5.43. The summed E-state index contributed by atoms with van der Waals surface area (Å²) in [7, 11) is 0. The van der Waals surface area contributed by atoms with Crippen molar-refractivity contribution < 1.29 is 9.59 Å². The summed E-state index contributed by atoms with van der Waals surface area (Å²) in [5.41, 5.74) is 3.24. The first-order chi connectivity index (χ1) is 13.6. The average molecular weight is 373 g/mol. The van der Waals surface area contributed by atoms with E-state index in [-0.39, 0.29) is 35.5 Å². The number of fused-ring (bicyclic) bond motifs is 1. The number of hydrazone groups is 1. The van der Waals surface area contributed by atoms with Gasteiger partial charge in [0.25, 0.3) is 11.8 Å². The highest BCUT2D eigenvalue weighted by Gasteiger charge is 2.67. The van der Waals surface area contributed by atoms with E-state index in [1.807, 2.05) is 12.1 Å². The Hall–Kier alpha value is -2.69. The zero-order valence-electron chi connectivity index (χ0n) is 16.1. The highest BCUT2D eigenvalue weighted by molar-refractivity contribution is 6.08. The maximum absolute atomic E-state index is 13.1. The molecular weight excluding hydrogens is 350 g/mol. The number of hydrogen-bond donors (Lipinski definition) is 0. The van der Waals surface area contributed by atoms with Gasteiger partial charge in [0.05, 0.1) is 18.1 Å². The molecule has 2 aromatic rings. The van der Waals surface area contributed by atoms with Crippen molar-refractivity contribution in [3.05, 3.63) is 47.7 Å². The molecule has 2 saturated carbocycles. The van der Waals surface area contributed by atoms with E-state index >= 15 is 0 Å². The van der Waals surface area contributed by atoms with Crippen LogP contribution in [-0.2, 0) is 16.1 Å². The highest BCUT2D eigenvalue weighted by Crippen LogP contribution is 2.65. The van der Waals surface area contributed by atoms with E-state index < -0.39 is 0 Å². The zero-order chi connectivity index (χ0) is 19.2. The Morgan fingerprint density at radius 1 is 1.07 bits per heavy atom. The molecule has 142 valence electrons. The second-order valence-electron chi connectivity index (χ2n) is 8.65. The molecule has 6 atom stereocenters. The van der Waals surface area contributed by atoms with Gasteiger partial charge in [-0.2, -0.15) is 10.1 Å². The molecule has 2 heterocycles. The smallest absolute Gasteiger partial charge is 0.254 e. The van der Waals surface area contributed by atoms with Crippen molar-refractivity contribution in [2.45, 2.75) is 26.8 Å². The van der Waals surface area contributed by atoms with E-state index in [0.29, 0.717) is 11.8 Å². The second-order valence-corrected chi connectivity index (χ2v) is 8.65. The van der Waals surface area contributed by atoms with Crippen LogP contribution in [0, 0.1) is 42.4 Å². The first-order valence-electron chi connectivity index (χ1n) is 10.3. The lowest BCUT2D eigenvalue weighted by atomic mass is 9.63. The Morgan fingerprint density at radius 2 is 1.71 bits per heavy atom. The maximum atomic E-state index is 13.1. The molecule has 1 aliphatic heterocycles. The Balaban J connectivity index is 1.38. The number of amides is 2. The summed E-state index contributed by atoms with van der Waals surface area (Å²) in [6, 6.07) is 8.21. The maximum Gasteiger partial charge on any atom is 0.254 e. The van der Waals surface area contributed by atoms with Gasteiger partial charge in [-0.1, -0.05) is 30.4 Å². The molecule has 1 aromatic carbocycles. The fourth-order valence-corrected chi connectivity index (χ4v) is 6.20. The van der Waals surface area contributed by atoms with Gasteiger partial charge in [-0.3, -0.25) is 9.59 Å². The molecule has 0 N–H and O–H groups in total. The number of para-hydroxylation sites is 1. The fourth-order valence-electron chi connectivity index (χ4n) is 6.20. The normalized spacial score (nSPS) is 35.3. The molecule has 5 nitrogen and oxygen atoms in total. The monoisotopic (exact) mass is 373 g/mol. The third kappa shape index (κ3) is 1.89. The molecule has 2 amide bonds. The van der Waals surface area contributed by atoms with Gasteiger partial charge in [0.2, 0.25) is 0 Å². The van der Waals surface area contributed by atoms with Crippen LogP contribution in [0.2, 0.25) is 0 Å². The number of rotatable bonds is 3. The summed E-state index contributed by atoms with van der Waals surface area (Å²) in [5, 5.41) is 6.72. The first-order valence-corrected chi connectivity index (χ1v) is 10.3. The molecule has 4 aliphatic carbocycles. The van der Waals surface area contributed by atoms with E-state index in [1.165, 1.54) is 11.4 Å². The number of benzene rings is 1. The van der Waals surface area contributed by atoms with Crippen LogP contribution in [0.25, 0.3) is 10.9 Å². The topological polar surface area (TPSA) is 54.7 Å². The molecule has 2 bridgehead atoms. The van der Waals surface area contributed by atoms with E-state index in [9.17, 15) is 9.59 Å². The molecule has 5 heteroatoms. The zero-order valence-corrected chi connectivity index (χ0v) is 16.1. The lowest BCUT2D eigenvalue weighted by Crippen LogP contribution is -2.40. The SMILES string of the molecule is CCn1c(C)c(/C=N\N2C(=O)[C@@H]3[C@H]4C=C[C@@H]([C@@H]5C[C@@H]45)[C@@H]3C2=O)c2ccccc21. The summed E-state index contributed by atoms with van der Waals surface area (Å²) >= 11 is 0. The van der Waals surface area contributed by atoms with Crippen molar-refractivity contribution >= 4 is 28.9 Å². The molecule has 1 aromatic heterocycles. The van der Waals surface area contributed by atoms with Gasteiger partial charge in [-0.15, -0.1) is 0 Å². The molecule has 0 spiro atoms. The van der Waals surface area contributed by atoms with Crippen LogP contribution >= 0.6 is 0 Å². The standard InChI is InChI=1S/C23H23N3O2/c1-3-25-12(2)18(13-6-4-5-7-19(13)25)11-24-26-22(27)20-14-8-9-15(17-10-16(14)17)21(20)23(26)28/h4-9,11,14-17,20-21H,3,10H2,1-2H3/b24-11-/t14-,15-,16-,17-,20-,21+/m0/s1. The van der Waals surface area contributed by atoms with Crippen LogP contribution in [-0.4, -0.2) is 27.6 Å². The molecule has 28 heavy (non-hydrogen) atoms. The van der Waals surface area contributed by atoms with Crippen LogP contribution in [0.4, 0.5) is 0 Å². The van der Waals surface area contributed by atoms with Crippen molar-refractivity contribution in [2.75, 3.05) is 0 Å². The lowest BCUT2D eigenvalue weighted by molar-refractivity contribution is -0.140. The van der Waals surface area contributed by atoms with Crippen molar-refractivity contribution in [1.29, 1.82) is 0 Å². The first kappa shape index (κ1) is 16.3. The van der Waals surface area contributed by atoms with Crippen LogP contribution < -0.4 is 0 Å². The Kier molecular flexibility index (Phi) is 3.16. The third-order valence-corrected chi connectivity index (χ3v) is 7.54.